The zero-order chi connectivity index (χ0) is 21.2. The van der Waals surface area contributed by atoms with Crippen molar-refractivity contribution in [1.82, 2.24) is 5.32 Å². The lowest BCUT2D eigenvalue weighted by molar-refractivity contribution is -0.127. The lowest BCUT2D eigenvalue weighted by Crippen LogP contribution is -2.50. The molecule has 0 fully saturated rings. The highest BCUT2D eigenvalue weighted by Crippen LogP contribution is 2.37. The first-order chi connectivity index (χ1) is 13.6. The number of benzene rings is 2. The first-order valence-electron chi connectivity index (χ1n) is 9.81. The van der Waals surface area contributed by atoms with Gasteiger partial charge in [-0.15, -0.1) is 0 Å². The van der Waals surface area contributed by atoms with Gasteiger partial charge in [-0.1, -0.05) is 52.0 Å². The van der Waals surface area contributed by atoms with Gasteiger partial charge in [-0.2, -0.15) is 0 Å². The number of amides is 1. The summed E-state index contributed by atoms with van der Waals surface area (Å²) >= 11 is 0. The van der Waals surface area contributed by atoms with Crippen LogP contribution in [0.15, 0.2) is 53.4 Å². The average Bonchev–Trinajstić information content (AvgIpc) is 2.70. The Morgan fingerprint density at radius 3 is 2.41 bits per heavy atom. The van der Waals surface area contributed by atoms with E-state index in [0.29, 0.717) is 18.0 Å². The van der Waals surface area contributed by atoms with Crippen molar-refractivity contribution in [3.05, 3.63) is 54.1 Å². The second-order valence-corrected chi connectivity index (χ2v) is 10.0. The van der Waals surface area contributed by atoms with Gasteiger partial charge in [0.1, 0.15) is 5.75 Å². The van der Waals surface area contributed by atoms with Crippen molar-refractivity contribution in [2.75, 3.05) is 17.4 Å². The third kappa shape index (κ3) is 4.40. The molecule has 0 aromatic heterocycles. The second-order valence-electron chi connectivity index (χ2n) is 8.18. The Morgan fingerprint density at radius 2 is 1.79 bits per heavy atom. The van der Waals surface area contributed by atoms with Crippen molar-refractivity contribution < 1.29 is 17.9 Å². The molecule has 0 radical (unpaired) electrons. The van der Waals surface area contributed by atoms with Crippen LogP contribution in [-0.4, -0.2) is 33.5 Å². The fourth-order valence-corrected chi connectivity index (χ4v) is 4.66. The van der Waals surface area contributed by atoms with Crippen molar-refractivity contribution in [3.63, 3.8) is 0 Å². The molecule has 1 unspecified atom stereocenters. The van der Waals surface area contributed by atoms with Crippen molar-refractivity contribution in [2.45, 2.75) is 50.5 Å². The van der Waals surface area contributed by atoms with Gasteiger partial charge in [0.2, 0.25) is 0 Å². The molecular weight excluding hydrogens is 388 g/mol. The van der Waals surface area contributed by atoms with Crippen molar-refractivity contribution in [2.24, 2.45) is 0 Å². The SMILES string of the molecule is CCCNC(=O)C1CN(S(=O)(=O)c2ccc(C(C)(C)C)cc2)c2ccccc2O1. The number of nitrogens with zero attached hydrogens (tertiary/aromatic N) is 1. The minimum Gasteiger partial charge on any atom is -0.476 e. The molecule has 0 aliphatic carbocycles. The van der Waals surface area contributed by atoms with Gasteiger partial charge in [0.15, 0.2) is 6.10 Å². The molecule has 3 rings (SSSR count). The van der Waals surface area contributed by atoms with E-state index < -0.39 is 16.1 Å². The monoisotopic (exact) mass is 416 g/mol. The molecule has 1 atom stereocenters. The van der Waals surface area contributed by atoms with Crippen molar-refractivity contribution in [1.29, 1.82) is 0 Å². The topological polar surface area (TPSA) is 75.7 Å². The van der Waals surface area contributed by atoms with E-state index in [0.717, 1.165) is 12.0 Å². The van der Waals surface area contributed by atoms with E-state index in [4.69, 9.17) is 4.74 Å². The van der Waals surface area contributed by atoms with E-state index in [9.17, 15) is 13.2 Å². The Hall–Kier alpha value is -2.54. The number of anilines is 1. The van der Waals surface area contributed by atoms with E-state index >= 15 is 0 Å². The minimum absolute atomic E-state index is 0.0731. The Labute approximate surface area is 172 Å². The molecule has 7 heteroatoms. The molecule has 6 nitrogen and oxygen atoms in total. The standard InChI is InChI=1S/C22H28N2O4S/c1-5-14-23-21(25)20-15-24(18-8-6-7-9-19(18)28-20)29(26,27)17-12-10-16(11-13-17)22(2,3)4/h6-13,20H,5,14-15H2,1-4H3,(H,23,25). The normalized spacial score (nSPS) is 16.7. The van der Waals surface area contributed by atoms with E-state index in [1.54, 1.807) is 36.4 Å². The maximum Gasteiger partial charge on any atom is 0.264 e. The molecule has 1 amide bonds. The van der Waals surface area contributed by atoms with Gasteiger partial charge in [0.25, 0.3) is 15.9 Å². The molecule has 1 N–H and O–H groups in total. The molecule has 2 aromatic carbocycles. The molecule has 2 aromatic rings. The summed E-state index contributed by atoms with van der Waals surface area (Å²) in [4.78, 5) is 12.7. The highest BCUT2D eigenvalue weighted by molar-refractivity contribution is 7.92. The Kier molecular flexibility index (Phi) is 5.89. The largest absolute Gasteiger partial charge is 0.476 e. The summed E-state index contributed by atoms with van der Waals surface area (Å²) in [7, 11) is -3.85. The van der Waals surface area contributed by atoms with Crippen LogP contribution in [0.5, 0.6) is 5.75 Å². The summed E-state index contributed by atoms with van der Waals surface area (Å²) in [5.41, 5.74) is 1.42. The number of carbonyl (C=O) groups excluding carboxylic acids is 1. The van der Waals surface area contributed by atoms with E-state index in [-0.39, 0.29) is 22.8 Å². The number of hydrogen-bond donors (Lipinski definition) is 1. The summed E-state index contributed by atoms with van der Waals surface area (Å²) in [6.07, 6.45) is -0.114. The summed E-state index contributed by atoms with van der Waals surface area (Å²) in [6.45, 7) is 8.63. The molecule has 0 saturated heterocycles. The van der Waals surface area contributed by atoms with Crippen LogP contribution >= 0.6 is 0 Å². The van der Waals surface area contributed by atoms with Gasteiger partial charge in [-0.05, 0) is 41.7 Å². The smallest absolute Gasteiger partial charge is 0.264 e. The van der Waals surface area contributed by atoms with Crippen LogP contribution in [-0.2, 0) is 20.2 Å². The number of fused-ring (bicyclic) bond motifs is 1. The zero-order valence-corrected chi connectivity index (χ0v) is 18.1. The molecule has 0 bridgehead atoms. The summed E-state index contributed by atoms with van der Waals surface area (Å²) < 4.78 is 33.9. The molecule has 29 heavy (non-hydrogen) atoms. The molecular formula is C22H28N2O4S. The number of para-hydroxylation sites is 2. The summed E-state index contributed by atoms with van der Waals surface area (Å²) in [6, 6.07) is 13.8. The number of nitrogens with one attached hydrogen (secondary N) is 1. The highest BCUT2D eigenvalue weighted by Gasteiger charge is 2.37. The minimum atomic E-state index is -3.85. The fraction of sp³-hybridized carbons (Fsp3) is 0.409. The van der Waals surface area contributed by atoms with Gasteiger partial charge < -0.3 is 10.1 Å². The lowest BCUT2D eigenvalue weighted by atomic mass is 9.87. The molecule has 1 aliphatic heterocycles. The van der Waals surface area contributed by atoms with Crippen LogP contribution in [0.4, 0.5) is 5.69 Å². The van der Waals surface area contributed by atoms with Gasteiger partial charge in [-0.3, -0.25) is 9.10 Å². The first kappa shape index (κ1) is 21.2. The molecule has 1 aliphatic rings. The third-order valence-electron chi connectivity index (χ3n) is 4.88. The Morgan fingerprint density at radius 1 is 1.14 bits per heavy atom. The summed E-state index contributed by atoms with van der Waals surface area (Å²) in [5, 5.41) is 2.78. The molecule has 156 valence electrons. The van der Waals surface area contributed by atoms with Gasteiger partial charge >= 0.3 is 0 Å². The highest BCUT2D eigenvalue weighted by atomic mass is 32.2. The maximum absolute atomic E-state index is 13.4. The van der Waals surface area contributed by atoms with Crippen LogP contribution < -0.4 is 14.4 Å². The van der Waals surface area contributed by atoms with Crippen molar-refractivity contribution in [3.8, 4) is 5.75 Å². The van der Waals surface area contributed by atoms with E-state index in [1.165, 1.54) is 4.31 Å². The summed E-state index contributed by atoms with van der Waals surface area (Å²) in [5.74, 6) is 0.0647. The average molecular weight is 417 g/mol. The van der Waals surface area contributed by atoms with Crippen molar-refractivity contribution >= 4 is 21.6 Å². The number of ether oxygens (including phenoxy) is 1. The Bertz CT molecular complexity index is 979. The number of carbonyl (C=O) groups is 1. The number of sulfonamides is 1. The molecule has 0 spiro atoms. The van der Waals surface area contributed by atoms with Crippen LogP contribution in [0.3, 0.4) is 0 Å². The number of rotatable bonds is 5. The predicted molar refractivity (Wildman–Crippen MR) is 114 cm³/mol. The molecule has 0 saturated carbocycles. The van der Waals surface area contributed by atoms with Gasteiger partial charge in [-0.25, -0.2) is 8.42 Å². The van der Waals surface area contributed by atoms with Gasteiger partial charge in [0, 0.05) is 6.54 Å². The number of hydrogen-bond acceptors (Lipinski definition) is 4. The lowest BCUT2D eigenvalue weighted by Gasteiger charge is -2.34. The molecule has 1 heterocycles. The maximum atomic E-state index is 13.4. The predicted octanol–water partition coefficient (Wildman–Crippen LogP) is 3.47. The Balaban J connectivity index is 1.97. The van der Waals surface area contributed by atoms with Crippen LogP contribution in [0, 0.1) is 0 Å². The van der Waals surface area contributed by atoms with E-state index in [2.05, 4.69) is 26.1 Å². The fourth-order valence-electron chi connectivity index (χ4n) is 3.18. The van der Waals surface area contributed by atoms with Crippen LogP contribution in [0.25, 0.3) is 0 Å². The van der Waals surface area contributed by atoms with Gasteiger partial charge in [0.05, 0.1) is 17.1 Å². The quantitative estimate of drug-likeness (QED) is 0.810. The zero-order valence-electron chi connectivity index (χ0n) is 17.3. The van der Waals surface area contributed by atoms with E-state index in [1.807, 2.05) is 19.1 Å². The third-order valence-corrected chi connectivity index (χ3v) is 6.68. The van der Waals surface area contributed by atoms with Crippen LogP contribution in [0.2, 0.25) is 0 Å². The van der Waals surface area contributed by atoms with Crippen LogP contribution in [0.1, 0.15) is 39.7 Å². The first-order valence-corrected chi connectivity index (χ1v) is 11.3. The second kappa shape index (κ2) is 8.06.